The van der Waals surface area contributed by atoms with E-state index >= 15 is 0 Å². The van der Waals surface area contributed by atoms with Crippen LogP contribution in [0.5, 0.6) is 0 Å². The molecule has 3 aromatic rings. The summed E-state index contributed by atoms with van der Waals surface area (Å²) in [6, 6.07) is 13.6. The van der Waals surface area contributed by atoms with Crippen LogP contribution in [-0.2, 0) is 6.54 Å². The van der Waals surface area contributed by atoms with Gasteiger partial charge in [0.1, 0.15) is 0 Å². The van der Waals surface area contributed by atoms with E-state index in [1.165, 1.54) is 6.07 Å². The maximum absolute atomic E-state index is 13.1. The van der Waals surface area contributed by atoms with Gasteiger partial charge in [0.25, 0.3) is 0 Å². The molecule has 100 valence electrons. The van der Waals surface area contributed by atoms with E-state index in [1.54, 1.807) is 12.3 Å². The molecule has 0 amide bonds. The van der Waals surface area contributed by atoms with Crippen LogP contribution in [0, 0.1) is 11.6 Å². The maximum Gasteiger partial charge on any atom is 0.159 e. The van der Waals surface area contributed by atoms with Crippen molar-refractivity contribution in [1.29, 1.82) is 0 Å². The lowest BCUT2D eigenvalue weighted by Crippen LogP contribution is -2.01. The van der Waals surface area contributed by atoms with Crippen molar-refractivity contribution >= 4 is 16.6 Å². The summed E-state index contributed by atoms with van der Waals surface area (Å²) in [5.74, 6) is -1.66. The Morgan fingerprint density at radius 3 is 2.65 bits per heavy atom. The van der Waals surface area contributed by atoms with Gasteiger partial charge in [-0.2, -0.15) is 0 Å². The third-order valence-corrected chi connectivity index (χ3v) is 3.07. The Hall–Kier alpha value is -2.49. The first kappa shape index (κ1) is 12.5. The second-order valence-electron chi connectivity index (χ2n) is 4.52. The fourth-order valence-corrected chi connectivity index (χ4v) is 2.02. The average Bonchev–Trinajstić information content (AvgIpc) is 2.48. The fourth-order valence-electron chi connectivity index (χ4n) is 2.02. The Balaban J connectivity index is 1.77. The molecule has 0 unspecified atom stereocenters. The molecule has 0 saturated carbocycles. The highest BCUT2D eigenvalue weighted by Crippen LogP contribution is 2.17. The van der Waals surface area contributed by atoms with Crippen molar-refractivity contribution in [2.45, 2.75) is 6.54 Å². The molecule has 4 heteroatoms. The summed E-state index contributed by atoms with van der Waals surface area (Å²) in [7, 11) is 0. The zero-order valence-electron chi connectivity index (χ0n) is 10.6. The van der Waals surface area contributed by atoms with E-state index in [0.29, 0.717) is 12.1 Å². The first-order chi connectivity index (χ1) is 9.72. The largest absolute Gasteiger partial charge is 0.380 e. The first-order valence-electron chi connectivity index (χ1n) is 6.25. The standard InChI is InChI=1S/C16H12F2N2/c17-14-6-5-11(7-15(14)18)9-19-13-8-12-3-1-2-4-16(12)20-10-13/h1-8,10,19H,9H2. The van der Waals surface area contributed by atoms with Crippen LogP contribution >= 0.6 is 0 Å². The van der Waals surface area contributed by atoms with Gasteiger partial charge in [-0.25, -0.2) is 8.78 Å². The van der Waals surface area contributed by atoms with Crippen LogP contribution in [-0.4, -0.2) is 4.98 Å². The van der Waals surface area contributed by atoms with Crippen LogP contribution < -0.4 is 5.32 Å². The van der Waals surface area contributed by atoms with Gasteiger partial charge in [-0.05, 0) is 29.8 Å². The van der Waals surface area contributed by atoms with Crippen LogP contribution in [0.15, 0.2) is 54.7 Å². The zero-order chi connectivity index (χ0) is 13.9. The summed E-state index contributed by atoms with van der Waals surface area (Å²) in [4.78, 5) is 4.33. The van der Waals surface area contributed by atoms with Crippen LogP contribution in [0.25, 0.3) is 10.9 Å². The third kappa shape index (κ3) is 2.59. The molecule has 0 bridgehead atoms. The average molecular weight is 270 g/mol. The molecule has 0 atom stereocenters. The van der Waals surface area contributed by atoms with Crippen LogP contribution in [0.1, 0.15) is 5.56 Å². The number of nitrogens with one attached hydrogen (secondary N) is 1. The molecule has 1 N–H and O–H groups in total. The van der Waals surface area contributed by atoms with Gasteiger partial charge in [-0.15, -0.1) is 0 Å². The van der Waals surface area contributed by atoms with Crippen molar-refractivity contribution in [2.75, 3.05) is 5.32 Å². The smallest absolute Gasteiger partial charge is 0.159 e. The SMILES string of the molecule is Fc1ccc(CNc2cnc3ccccc3c2)cc1F. The van der Waals surface area contributed by atoms with Crippen LogP contribution in [0.3, 0.4) is 0 Å². The molecule has 0 spiro atoms. The van der Waals surface area contributed by atoms with Crippen LogP contribution in [0.4, 0.5) is 14.5 Å². The van der Waals surface area contributed by atoms with Gasteiger partial charge in [0.05, 0.1) is 17.4 Å². The fraction of sp³-hybridized carbons (Fsp3) is 0.0625. The molecule has 1 aromatic heterocycles. The number of fused-ring (bicyclic) bond motifs is 1. The van der Waals surface area contributed by atoms with Crippen molar-refractivity contribution in [3.8, 4) is 0 Å². The number of rotatable bonds is 3. The summed E-state index contributed by atoms with van der Waals surface area (Å²) >= 11 is 0. The second-order valence-corrected chi connectivity index (χ2v) is 4.52. The molecule has 3 rings (SSSR count). The molecule has 0 aliphatic rings. The lowest BCUT2D eigenvalue weighted by atomic mass is 10.2. The predicted molar refractivity (Wildman–Crippen MR) is 75.4 cm³/mol. The van der Waals surface area contributed by atoms with Gasteiger partial charge >= 0.3 is 0 Å². The molecule has 1 heterocycles. The van der Waals surface area contributed by atoms with Gasteiger partial charge in [-0.3, -0.25) is 4.98 Å². The Kier molecular flexibility index (Phi) is 3.29. The normalized spacial score (nSPS) is 10.7. The monoisotopic (exact) mass is 270 g/mol. The zero-order valence-corrected chi connectivity index (χ0v) is 10.6. The first-order valence-corrected chi connectivity index (χ1v) is 6.25. The molecular formula is C16H12F2N2. The highest BCUT2D eigenvalue weighted by atomic mass is 19.2. The quantitative estimate of drug-likeness (QED) is 0.774. The van der Waals surface area contributed by atoms with Crippen molar-refractivity contribution in [1.82, 2.24) is 4.98 Å². The van der Waals surface area contributed by atoms with Crippen molar-refractivity contribution in [3.63, 3.8) is 0 Å². The number of aromatic nitrogens is 1. The Bertz CT molecular complexity index is 756. The minimum atomic E-state index is -0.832. The van der Waals surface area contributed by atoms with E-state index in [1.807, 2.05) is 30.3 Å². The molecule has 2 aromatic carbocycles. The molecule has 0 saturated heterocycles. The number of nitrogens with zero attached hydrogens (tertiary/aromatic N) is 1. The van der Waals surface area contributed by atoms with Crippen molar-refractivity contribution < 1.29 is 8.78 Å². The number of anilines is 1. The maximum atomic E-state index is 13.1. The summed E-state index contributed by atoms with van der Waals surface area (Å²) < 4.78 is 25.9. The molecular weight excluding hydrogens is 258 g/mol. The Morgan fingerprint density at radius 1 is 0.950 bits per heavy atom. The highest BCUT2D eigenvalue weighted by Gasteiger charge is 2.03. The van der Waals surface area contributed by atoms with Crippen molar-refractivity contribution in [2.24, 2.45) is 0 Å². The molecule has 0 aliphatic heterocycles. The van der Waals surface area contributed by atoms with E-state index in [0.717, 1.165) is 22.7 Å². The molecule has 0 fully saturated rings. The Morgan fingerprint density at radius 2 is 1.80 bits per heavy atom. The summed E-state index contributed by atoms with van der Waals surface area (Å²) in [6.45, 7) is 0.414. The van der Waals surface area contributed by atoms with E-state index < -0.39 is 11.6 Å². The molecule has 0 radical (unpaired) electrons. The van der Waals surface area contributed by atoms with Gasteiger partial charge < -0.3 is 5.32 Å². The number of benzene rings is 2. The van der Waals surface area contributed by atoms with E-state index in [9.17, 15) is 8.78 Å². The number of hydrogen-bond acceptors (Lipinski definition) is 2. The summed E-state index contributed by atoms with van der Waals surface area (Å²) in [6.07, 6.45) is 1.72. The lowest BCUT2D eigenvalue weighted by molar-refractivity contribution is 0.507. The topological polar surface area (TPSA) is 24.9 Å². The lowest BCUT2D eigenvalue weighted by Gasteiger charge is -2.07. The van der Waals surface area contributed by atoms with Gasteiger partial charge in [-0.1, -0.05) is 24.3 Å². The minimum absolute atomic E-state index is 0.414. The van der Waals surface area contributed by atoms with Crippen LogP contribution in [0.2, 0.25) is 0 Å². The predicted octanol–water partition coefficient (Wildman–Crippen LogP) is 4.13. The molecule has 20 heavy (non-hydrogen) atoms. The highest BCUT2D eigenvalue weighted by molar-refractivity contribution is 5.81. The summed E-state index contributed by atoms with van der Waals surface area (Å²) in [5, 5.41) is 4.18. The minimum Gasteiger partial charge on any atom is -0.380 e. The van der Waals surface area contributed by atoms with E-state index in [4.69, 9.17) is 0 Å². The van der Waals surface area contributed by atoms with E-state index in [2.05, 4.69) is 10.3 Å². The van der Waals surface area contributed by atoms with Gasteiger partial charge in [0.15, 0.2) is 11.6 Å². The molecule has 2 nitrogen and oxygen atoms in total. The summed E-state index contributed by atoms with van der Waals surface area (Å²) in [5.41, 5.74) is 2.44. The third-order valence-electron chi connectivity index (χ3n) is 3.07. The van der Waals surface area contributed by atoms with Gasteiger partial charge in [0.2, 0.25) is 0 Å². The number of halogens is 2. The molecule has 0 aliphatic carbocycles. The van der Waals surface area contributed by atoms with Crippen molar-refractivity contribution in [3.05, 3.63) is 71.9 Å². The second kappa shape index (κ2) is 5.25. The Labute approximate surface area is 115 Å². The van der Waals surface area contributed by atoms with Gasteiger partial charge in [0, 0.05) is 11.9 Å². The number of hydrogen-bond donors (Lipinski definition) is 1. The van der Waals surface area contributed by atoms with E-state index in [-0.39, 0.29) is 0 Å². The number of pyridine rings is 1. The number of para-hydroxylation sites is 1.